The molecule has 3 N–H and O–H groups in total. The fourth-order valence-electron chi connectivity index (χ4n) is 3.06. The van der Waals surface area contributed by atoms with Gasteiger partial charge in [0.05, 0.1) is 5.25 Å². The molecule has 0 spiro atoms. The predicted octanol–water partition coefficient (Wildman–Crippen LogP) is 3.61. The Morgan fingerprint density at radius 2 is 1.87 bits per heavy atom. The van der Waals surface area contributed by atoms with Crippen molar-refractivity contribution in [3.63, 3.8) is 0 Å². The molecule has 1 aromatic carbocycles. The van der Waals surface area contributed by atoms with Crippen molar-refractivity contribution in [2.75, 3.05) is 13.1 Å². The summed E-state index contributed by atoms with van der Waals surface area (Å²) in [5.41, 5.74) is 6.91. The lowest BCUT2D eigenvalue weighted by Gasteiger charge is -2.30. The summed E-state index contributed by atoms with van der Waals surface area (Å²) >= 11 is 1.67. The summed E-state index contributed by atoms with van der Waals surface area (Å²) in [6.45, 7) is 6.72. The molecule has 1 aliphatic carbocycles. The van der Waals surface area contributed by atoms with Gasteiger partial charge >= 0.3 is 0 Å². The molecule has 1 aliphatic heterocycles. The summed E-state index contributed by atoms with van der Waals surface area (Å²) in [5, 5.41) is 3.27. The molecule has 1 amide bonds. The first kappa shape index (κ1) is 18.3. The Hall–Kier alpha value is -1.00. The van der Waals surface area contributed by atoms with E-state index in [1.165, 1.54) is 49.2 Å². The minimum Gasteiger partial charge on any atom is -0.369 e. The molecule has 0 bridgehead atoms. The predicted molar refractivity (Wildman–Crippen MR) is 98.7 cm³/mol. The van der Waals surface area contributed by atoms with E-state index in [9.17, 15) is 4.79 Å². The molecule has 128 valence electrons. The van der Waals surface area contributed by atoms with Crippen molar-refractivity contribution in [1.29, 1.82) is 0 Å². The number of hydrogen-bond acceptors (Lipinski definition) is 3. The van der Waals surface area contributed by atoms with Crippen molar-refractivity contribution in [3.05, 3.63) is 29.8 Å². The highest BCUT2D eigenvalue weighted by atomic mass is 32.2. The van der Waals surface area contributed by atoms with Gasteiger partial charge in [0.15, 0.2) is 0 Å². The third-order valence-corrected chi connectivity index (χ3v) is 5.92. The standard InChI is InChI=1S/C13H15NOS.C6H15N/c14-13(15)12-10(8-5-6-8)7-9-3-1-2-4-11(9)16-12;1-3-5-7-6-4-2/h1-4,8,10,12H,5-7H2,(H2,14,15);7H,3-6H2,1-2H3. The molecule has 4 heteroatoms. The zero-order valence-electron chi connectivity index (χ0n) is 14.4. The lowest BCUT2D eigenvalue weighted by Crippen LogP contribution is -2.37. The van der Waals surface area contributed by atoms with Gasteiger partial charge in [0, 0.05) is 4.90 Å². The molecule has 2 unspecified atom stereocenters. The van der Waals surface area contributed by atoms with Crippen LogP contribution in [0.3, 0.4) is 0 Å². The molecule has 3 rings (SSSR count). The smallest absolute Gasteiger partial charge is 0.231 e. The van der Waals surface area contributed by atoms with Crippen LogP contribution in [0.1, 0.15) is 45.1 Å². The number of primary amides is 1. The van der Waals surface area contributed by atoms with Gasteiger partial charge in [-0.1, -0.05) is 32.0 Å². The summed E-state index contributed by atoms with van der Waals surface area (Å²) < 4.78 is 0. The zero-order valence-corrected chi connectivity index (χ0v) is 15.2. The van der Waals surface area contributed by atoms with Gasteiger partial charge in [-0.2, -0.15) is 0 Å². The summed E-state index contributed by atoms with van der Waals surface area (Å²) in [6, 6.07) is 8.38. The Morgan fingerprint density at radius 1 is 1.22 bits per heavy atom. The van der Waals surface area contributed by atoms with E-state index < -0.39 is 0 Å². The molecule has 3 nitrogen and oxygen atoms in total. The monoisotopic (exact) mass is 334 g/mol. The van der Waals surface area contributed by atoms with Gasteiger partial charge in [-0.15, -0.1) is 11.8 Å². The molecular weight excluding hydrogens is 304 g/mol. The van der Waals surface area contributed by atoms with Crippen LogP contribution in [-0.2, 0) is 11.2 Å². The van der Waals surface area contributed by atoms with Crippen LogP contribution in [0.25, 0.3) is 0 Å². The van der Waals surface area contributed by atoms with Gasteiger partial charge in [-0.05, 0) is 68.7 Å². The van der Waals surface area contributed by atoms with Crippen LogP contribution >= 0.6 is 11.8 Å². The first-order chi connectivity index (χ1) is 11.2. The Morgan fingerprint density at radius 3 is 2.43 bits per heavy atom. The van der Waals surface area contributed by atoms with Crippen LogP contribution in [0.2, 0.25) is 0 Å². The maximum absolute atomic E-state index is 11.5. The third kappa shape index (κ3) is 5.54. The van der Waals surface area contributed by atoms with Crippen LogP contribution < -0.4 is 11.1 Å². The van der Waals surface area contributed by atoms with Crippen molar-refractivity contribution in [2.45, 2.75) is 56.1 Å². The van der Waals surface area contributed by atoms with E-state index in [1.807, 2.05) is 6.07 Å². The van der Waals surface area contributed by atoms with E-state index >= 15 is 0 Å². The van der Waals surface area contributed by atoms with Crippen molar-refractivity contribution in [3.8, 4) is 0 Å². The van der Waals surface area contributed by atoms with E-state index in [0.29, 0.717) is 5.92 Å². The third-order valence-electron chi connectivity index (χ3n) is 4.43. The average Bonchev–Trinajstić information content (AvgIpc) is 3.39. The highest BCUT2D eigenvalue weighted by Crippen LogP contribution is 2.48. The van der Waals surface area contributed by atoms with E-state index in [0.717, 1.165) is 12.3 Å². The summed E-state index contributed by atoms with van der Waals surface area (Å²) in [5.74, 6) is 1.06. The van der Waals surface area contributed by atoms with E-state index in [4.69, 9.17) is 5.73 Å². The molecule has 0 radical (unpaired) electrons. The Bertz CT molecular complexity index is 498. The number of rotatable bonds is 6. The Balaban J connectivity index is 0.000000236. The first-order valence-corrected chi connectivity index (χ1v) is 9.79. The quantitative estimate of drug-likeness (QED) is 0.781. The van der Waals surface area contributed by atoms with Gasteiger partial charge in [-0.3, -0.25) is 4.79 Å². The molecule has 1 saturated carbocycles. The molecule has 1 fully saturated rings. The SMILES string of the molecule is CCCNCCC.NC(=O)C1Sc2ccccc2CC1C1CC1. The lowest BCUT2D eigenvalue weighted by molar-refractivity contribution is -0.118. The van der Waals surface area contributed by atoms with Gasteiger partial charge in [0.1, 0.15) is 0 Å². The fraction of sp³-hybridized carbons (Fsp3) is 0.632. The number of amides is 1. The Kier molecular flexibility index (Phi) is 7.44. The van der Waals surface area contributed by atoms with Crippen molar-refractivity contribution < 1.29 is 4.79 Å². The van der Waals surface area contributed by atoms with Crippen LogP contribution in [0.5, 0.6) is 0 Å². The van der Waals surface area contributed by atoms with Gasteiger partial charge in [0.25, 0.3) is 0 Å². The highest BCUT2D eigenvalue weighted by Gasteiger charge is 2.42. The number of benzene rings is 1. The Labute approximate surface area is 144 Å². The molecule has 23 heavy (non-hydrogen) atoms. The molecule has 1 heterocycles. The molecule has 1 aromatic rings. The summed E-state index contributed by atoms with van der Waals surface area (Å²) in [6.07, 6.45) is 6.08. The van der Waals surface area contributed by atoms with E-state index in [2.05, 4.69) is 37.4 Å². The van der Waals surface area contributed by atoms with E-state index in [-0.39, 0.29) is 11.2 Å². The maximum atomic E-state index is 11.5. The van der Waals surface area contributed by atoms with Crippen LogP contribution in [0, 0.1) is 11.8 Å². The van der Waals surface area contributed by atoms with Gasteiger partial charge < -0.3 is 11.1 Å². The van der Waals surface area contributed by atoms with E-state index in [1.54, 1.807) is 11.8 Å². The number of thioether (sulfide) groups is 1. The lowest BCUT2D eigenvalue weighted by atomic mass is 9.90. The van der Waals surface area contributed by atoms with Gasteiger partial charge in [-0.25, -0.2) is 0 Å². The topological polar surface area (TPSA) is 55.1 Å². The molecular formula is C19H30N2OS. The molecule has 2 aliphatic rings. The number of nitrogens with one attached hydrogen (secondary N) is 1. The second-order valence-corrected chi connectivity index (χ2v) is 7.69. The molecule has 0 aromatic heterocycles. The second-order valence-electron chi connectivity index (χ2n) is 6.50. The van der Waals surface area contributed by atoms with Crippen LogP contribution in [0.4, 0.5) is 0 Å². The van der Waals surface area contributed by atoms with Crippen molar-refractivity contribution in [1.82, 2.24) is 5.32 Å². The molecule has 0 saturated heterocycles. The summed E-state index contributed by atoms with van der Waals surface area (Å²) in [7, 11) is 0. The number of carbonyl (C=O) groups excluding carboxylic acids is 1. The van der Waals surface area contributed by atoms with Crippen molar-refractivity contribution in [2.24, 2.45) is 17.6 Å². The number of nitrogens with two attached hydrogens (primary N) is 1. The first-order valence-electron chi connectivity index (χ1n) is 8.91. The number of fused-ring (bicyclic) bond motifs is 1. The number of carbonyl (C=O) groups is 1. The largest absolute Gasteiger partial charge is 0.369 e. The minimum absolute atomic E-state index is 0.0117. The second kappa shape index (κ2) is 9.33. The minimum atomic E-state index is -0.142. The van der Waals surface area contributed by atoms with Gasteiger partial charge in [0.2, 0.25) is 5.91 Å². The average molecular weight is 335 g/mol. The van der Waals surface area contributed by atoms with Crippen molar-refractivity contribution >= 4 is 17.7 Å². The molecule has 2 atom stereocenters. The highest BCUT2D eigenvalue weighted by molar-refractivity contribution is 8.00. The summed E-state index contributed by atoms with van der Waals surface area (Å²) in [4.78, 5) is 12.7. The van der Waals surface area contributed by atoms with Crippen LogP contribution in [0.15, 0.2) is 29.2 Å². The maximum Gasteiger partial charge on any atom is 0.231 e. The number of hydrogen-bond donors (Lipinski definition) is 2. The fourth-order valence-corrected chi connectivity index (χ4v) is 4.40. The normalized spacial score (nSPS) is 22.7. The zero-order chi connectivity index (χ0) is 16.7. The van der Waals surface area contributed by atoms with Crippen LogP contribution in [-0.4, -0.2) is 24.2 Å².